The zero-order chi connectivity index (χ0) is 23.3. The van der Waals surface area contributed by atoms with Crippen molar-refractivity contribution in [3.05, 3.63) is 54.1 Å². The van der Waals surface area contributed by atoms with Crippen LogP contribution >= 0.6 is 0 Å². The lowest BCUT2D eigenvalue weighted by atomic mass is 9.90. The van der Waals surface area contributed by atoms with Crippen LogP contribution in [0.3, 0.4) is 0 Å². The summed E-state index contributed by atoms with van der Waals surface area (Å²) < 4.78 is 16.8. The molecule has 2 N–H and O–H groups in total. The molecule has 7 nitrogen and oxygen atoms in total. The van der Waals surface area contributed by atoms with E-state index in [-0.39, 0.29) is 13.2 Å². The van der Waals surface area contributed by atoms with Crippen LogP contribution < -0.4 is 14.4 Å². The molecule has 0 aromatic heterocycles. The summed E-state index contributed by atoms with van der Waals surface area (Å²) in [6.07, 6.45) is 1.35. The minimum Gasteiger partial charge on any atom is -0.497 e. The number of benzene rings is 2. The van der Waals surface area contributed by atoms with Gasteiger partial charge in [0, 0.05) is 38.4 Å². The zero-order valence-corrected chi connectivity index (χ0v) is 19.7. The van der Waals surface area contributed by atoms with Crippen LogP contribution in [-0.2, 0) is 4.74 Å². The van der Waals surface area contributed by atoms with Crippen molar-refractivity contribution in [3.63, 3.8) is 0 Å². The van der Waals surface area contributed by atoms with Gasteiger partial charge in [0.15, 0.2) is 0 Å². The van der Waals surface area contributed by atoms with Crippen LogP contribution in [-0.4, -0.2) is 86.0 Å². The normalized spacial score (nSPS) is 23.7. The number of anilines is 1. The van der Waals surface area contributed by atoms with Gasteiger partial charge in [-0.25, -0.2) is 0 Å². The molecule has 2 saturated heterocycles. The predicted octanol–water partition coefficient (Wildman–Crippen LogP) is 2.48. The third-order valence-corrected chi connectivity index (χ3v) is 6.62. The standard InChI is InChI=1S/C26H36N2O5/c1-21-3-7-24(8-4-21)33-20-26(30)18-27(15-16-32-19-26)17-25(29)11-13-28(14-12-25)22-5-9-23(31-2)10-6-22/h3-10,29-30H,11-20H2,1-2H3/t26-/m1/s1. The molecule has 1 atom stereocenters. The van der Waals surface area contributed by atoms with E-state index in [2.05, 4.69) is 21.9 Å². The van der Waals surface area contributed by atoms with E-state index in [4.69, 9.17) is 14.2 Å². The second kappa shape index (κ2) is 10.3. The van der Waals surface area contributed by atoms with Crippen molar-refractivity contribution < 1.29 is 24.4 Å². The van der Waals surface area contributed by atoms with Crippen molar-refractivity contribution in [2.24, 2.45) is 0 Å². The van der Waals surface area contributed by atoms with Crippen LogP contribution in [0.25, 0.3) is 0 Å². The average Bonchev–Trinajstić information content (AvgIpc) is 3.00. The van der Waals surface area contributed by atoms with Crippen LogP contribution in [0.5, 0.6) is 11.5 Å². The number of piperidine rings is 1. The second-order valence-corrected chi connectivity index (χ2v) is 9.50. The maximum Gasteiger partial charge on any atom is 0.134 e. The fourth-order valence-electron chi connectivity index (χ4n) is 4.62. The maximum absolute atomic E-state index is 11.3. The number of rotatable bonds is 7. The maximum atomic E-state index is 11.3. The zero-order valence-electron chi connectivity index (χ0n) is 19.7. The van der Waals surface area contributed by atoms with Crippen molar-refractivity contribution in [2.75, 3.05) is 64.6 Å². The molecule has 0 unspecified atom stereocenters. The molecule has 2 heterocycles. The summed E-state index contributed by atoms with van der Waals surface area (Å²) in [5.74, 6) is 1.57. The largest absolute Gasteiger partial charge is 0.497 e. The Balaban J connectivity index is 1.31. The third kappa shape index (κ3) is 6.38. The van der Waals surface area contributed by atoms with Gasteiger partial charge in [-0.15, -0.1) is 0 Å². The molecule has 0 saturated carbocycles. The lowest BCUT2D eigenvalue weighted by Crippen LogP contribution is -2.55. The lowest BCUT2D eigenvalue weighted by molar-refractivity contribution is -0.0742. The van der Waals surface area contributed by atoms with Crippen molar-refractivity contribution in [2.45, 2.75) is 31.0 Å². The molecule has 2 fully saturated rings. The first-order chi connectivity index (χ1) is 15.9. The van der Waals surface area contributed by atoms with Crippen LogP contribution in [0, 0.1) is 6.92 Å². The number of aliphatic hydroxyl groups is 2. The average molecular weight is 457 g/mol. The van der Waals surface area contributed by atoms with Gasteiger partial charge >= 0.3 is 0 Å². The van der Waals surface area contributed by atoms with E-state index in [1.54, 1.807) is 7.11 Å². The number of hydrogen-bond donors (Lipinski definition) is 2. The van der Waals surface area contributed by atoms with E-state index in [0.29, 0.717) is 39.1 Å². The highest BCUT2D eigenvalue weighted by atomic mass is 16.5. The number of methoxy groups -OCH3 is 1. The van der Waals surface area contributed by atoms with Gasteiger partial charge in [-0.2, -0.15) is 0 Å². The minimum atomic E-state index is -1.12. The third-order valence-electron chi connectivity index (χ3n) is 6.62. The summed E-state index contributed by atoms with van der Waals surface area (Å²) in [5.41, 5.74) is 0.396. The smallest absolute Gasteiger partial charge is 0.134 e. The van der Waals surface area contributed by atoms with E-state index in [1.165, 1.54) is 0 Å². The molecule has 0 aliphatic carbocycles. The first-order valence-electron chi connectivity index (χ1n) is 11.7. The van der Waals surface area contributed by atoms with Crippen LogP contribution in [0.4, 0.5) is 5.69 Å². The summed E-state index contributed by atoms with van der Waals surface area (Å²) in [4.78, 5) is 4.42. The van der Waals surface area contributed by atoms with Gasteiger partial charge in [-0.1, -0.05) is 17.7 Å². The van der Waals surface area contributed by atoms with E-state index in [1.807, 2.05) is 43.3 Å². The van der Waals surface area contributed by atoms with Crippen molar-refractivity contribution in [1.82, 2.24) is 4.90 Å². The first kappa shape index (κ1) is 23.8. The molecular weight excluding hydrogens is 420 g/mol. The Kier molecular flexibility index (Phi) is 7.44. The Bertz CT molecular complexity index is 881. The van der Waals surface area contributed by atoms with E-state index >= 15 is 0 Å². The molecule has 0 amide bonds. The van der Waals surface area contributed by atoms with Crippen LogP contribution in [0.1, 0.15) is 18.4 Å². The molecule has 0 spiro atoms. The van der Waals surface area contributed by atoms with Crippen LogP contribution in [0.2, 0.25) is 0 Å². The van der Waals surface area contributed by atoms with Crippen molar-refractivity contribution >= 4 is 5.69 Å². The Morgan fingerprint density at radius 2 is 1.58 bits per heavy atom. The summed E-state index contributed by atoms with van der Waals surface area (Å²) >= 11 is 0. The molecule has 0 bridgehead atoms. The Labute approximate surface area is 196 Å². The highest BCUT2D eigenvalue weighted by Crippen LogP contribution is 2.29. The number of β-amino-alcohol motifs (C(OH)–C–C–N with tert-alkyl or cyclic N) is 2. The Morgan fingerprint density at radius 3 is 2.24 bits per heavy atom. The number of aryl methyl sites for hydroxylation is 1. The topological polar surface area (TPSA) is 74.6 Å². The number of nitrogens with zero attached hydrogens (tertiary/aromatic N) is 2. The molecule has 7 heteroatoms. The van der Waals surface area contributed by atoms with Gasteiger partial charge in [0.1, 0.15) is 23.7 Å². The lowest BCUT2D eigenvalue weighted by Gasteiger charge is -2.42. The molecule has 4 rings (SSSR count). The van der Waals surface area contributed by atoms with Crippen molar-refractivity contribution in [1.29, 1.82) is 0 Å². The van der Waals surface area contributed by atoms with Crippen LogP contribution in [0.15, 0.2) is 48.5 Å². The minimum absolute atomic E-state index is 0.149. The number of ether oxygens (including phenoxy) is 3. The fraction of sp³-hybridized carbons (Fsp3) is 0.538. The molecule has 0 radical (unpaired) electrons. The SMILES string of the molecule is COc1ccc(N2CCC(O)(CN3CCOC[C@@](O)(COc4ccc(C)cc4)C3)CC2)cc1. The Hall–Kier alpha value is -2.32. The summed E-state index contributed by atoms with van der Waals surface area (Å²) in [6.45, 7) is 6.10. The van der Waals surface area contributed by atoms with Crippen molar-refractivity contribution in [3.8, 4) is 11.5 Å². The highest BCUT2D eigenvalue weighted by molar-refractivity contribution is 5.49. The molecule has 2 aromatic rings. The fourth-order valence-corrected chi connectivity index (χ4v) is 4.62. The number of hydrogen-bond acceptors (Lipinski definition) is 7. The predicted molar refractivity (Wildman–Crippen MR) is 128 cm³/mol. The highest BCUT2D eigenvalue weighted by Gasteiger charge is 2.39. The molecular formula is C26H36N2O5. The summed E-state index contributed by atoms with van der Waals surface area (Å²) in [5, 5.41) is 22.5. The van der Waals surface area contributed by atoms with Gasteiger partial charge in [0.2, 0.25) is 0 Å². The van der Waals surface area contributed by atoms with E-state index < -0.39 is 11.2 Å². The summed E-state index contributed by atoms with van der Waals surface area (Å²) in [7, 11) is 1.67. The summed E-state index contributed by atoms with van der Waals surface area (Å²) in [6, 6.07) is 15.8. The first-order valence-corrected chi connectivity index (χ1v) is 11.7. The molecule has 2 aliphatic rings. The molecule has 33 heavy (non-hydrogen) atoms. The van der Waals surface area contributed by atoms with Gasteiger partial charge < -0.3 is 29.3 Å². The molecule has 180 valence electrons. The molecule has 2 aromatic carbocycles. The quantitative estimate of drug-likeness (QED) is 0.663. The monoisotopic (exact) mass is 456 g/mol. The van der Waals surface area contributed by atoms with E-state index in [0.717, 1.165) is 35.8 Å². The molecule has 2 aliphatic heterocycles. The van der Waals surface area contributed by atoms with E-state index in [9.17, 15) is 10.2 Å². The Morgan fingerprint density at radius 1 is 0.909 bits per heavy atom. The second-order valence-electron chi connectivity index (χ2n) is 9.50. The van der Waals surface area contributed by atoms with Gasteiger partial charge in [-0.3, -0.25) is 4.90 Å². The van der Waals surface area contributed by atoms with Gasteiger partial charge in [0.25, 0.3) is 0 Å². The van der Waals surface area contributed by atoms with Gasteiger partial charge in [-0.05, 0) is 56.2 Å². The van der Waals surface area contributed by atoms with Gasteiger partial charge in [0.05, 0.1) is 25.9 Å².